The molecule has 2 aliphatic rings. The fourth-order valence-electron chi connectivity index (χ4n) is 3.66. The van der Waals surface area contributed by atoms with E-state index in [-0.39, 0.29) is 11.6 Å². The molecule has 0 saturated carbocycles. The van der Waals surface area contributed by atoms with Gasteiger partial charge >= 0.3 is 6.01 Å². The van der Waals surface area contributed by atoms with E-state index >= 15 is 0 Å². The van der Waals surface area contributed by atoms with Gasteiger partial charge in [0.1, 0.15) is 0 Å². The van der Waals surface area contributed by atoms with E-state index in [2.05, 4.69) is 20.0 Å². The first-order valence-electron chi connectivity index (χ1n) is 9.00. The van der Waals surface area contributed by atoms with Crippen LogP contribution in [0.3, 0.4) is 0 Å². The van der Waals surface area contributed by atoms with Crippen molar-refractivity contribution in [1.82, 2.24) is 24.6 Å². The molecule has 0 spiro atoms. The van der Waals surface area contributed by atoms with Gasteiger partial charge in [-0.1, -0.05) is 0 Å². The van der Waals surface area contributed by atoms with Crippen molar-refractivity contribution in [3.63, 3.8) is 0 Å². The van der Waals surface area contributed by atoms with E-state index in [9.17, 15) is 4.79 Å². The van der Waals surface area contributed by atoms with Crippen LogP contribution in [-0.2, 0) is 30.9 Å². The zero-order chi connectivity index (χ0) is 17.9. The molecule has 26 heavy (non-hydrogen) atoms. The maximum absolute atomic E-state index is 12.4. The molecule has 1 atom stereocenters. The van der Waals surface area contributed by atoms with Gasteiger partial charge in [-0.3, -0.25) is 9.69 Å². The topological polar surface area (TPSA) is 82.4 Å². The maximum atomic E-state index is 12.4. The molecule has 0 N–H and O–H groups in total. The average molecular weight is 357 g/mol. The van der Waals surface area contributed by atoms with Crippen molar-refractivity contribution in [2.45, 2.75) is 45.0 Å². The largest absolute Gasteiger partial charge is 0.467 e. The maximum Gasteiger partial charge on any atom is 0.316 e. The fourth-order valence-corrected chi connectivity index (χ4v) is 3.66. The van der Waals surface area contributed by atoms with Gasteiger partial charge in [-0.2, -0.15) is 10.1 Å². The smallest absolute Gasteiger partial charge is 0.316 e. The highest BCUT2D eigenvalue weighted by atomic mass is 16.5. The van der Waals surface area contributed by atoms with Crippen LogP contribution in [-0.4, -0.2) is 51.0 Å². The van der Waals surface area contributed by atoms with Gasteiger partial charge in [0.15, 0.2) is 0 Å². The van der Waals surface area contributed by atoms with E-state index in [1.165, 1.54) is 0 Å². The Morgan fingerprint density at radius 3 is 3.23 bits per heavy atom. The molecule has 2 aromatic heterocycles. The molecule has 0 radical (unpaired) electrons. The van der Waals surface area contributed by atoms with Crippen LogP contribution in [0.15, 0.2) is 23.1 Å². The lowest BCUT2D eigenvalue weighted by atomic mass is 10.1. The summed E-state index contributed by atoms with van der Waals surface area (Å²) in [4.78, 5) is 23.2. The second-order valence-electron chi connectivity index (χ2n) is 6.74. The monoisotopic (exact) mass is 357 g/mol. The highest BCUT2D eigenvalue weighted by Gasteiger charge is 2.26. The summed E-state index contributed by atoms with van der Waals surface area (Å²) in [5, 5.41) is 4.60. The Kier molecular flexibility index (Phi) is 4.94. The molecule has 0 aromatic carbocycles. The Morgan fingerprint density at radius 2 is 2.35 bits per heavy atom. The number of hydrogen-bond acceptors (Lipinski definition) is 7. The number of ether oxygens (including phenoxy) is 2. The first kappa shape index (κ1) is 17.1. The molecule has 8 nitrogen and oxygen atoms in total. The van der Waals surface area contributed by atoms with E-state index in [0.29, 0.717) is 25.8 Å². The molecule has 1 saturated heterocycles. The predicted octanol–water partition coefficient (Wildman–Crippen LogP) is 0.779. The summed E-state index contributed by atoms with van der Waals surface area (Å²) in [5.74, 6) is 0. The molecule has 2 aliphatic heterocycles. The zero-order valence-electron chi connectivity index (χ0n) is 14.9. The Balaban J connectivity index is 1.49. The lowest BCUT2D eigenvalue weighted by Gasteiger charge is -2.25. The number of rotatable bonds is 5. The molecule has 0 aliphatic carbocycles. The zero-order valence-corrected chi connectivity index (χ0v) is 14.9. The van der Waals surface area contributed by atoms with E-state index < -0.39 is 0 Å². The molecule has 4 heterocycles. The number of hydrogen-bond donors (Lipinski definition) is 0. The van der Waals surface area contributed by atoms with Crippen molar-refractivity contribution in [3.05, 3.63) is 45.6 Å². The predicted molar refractivity (Wildman–Crippen MR) is 93.9 cm³/mol. The van der Waals surface area contributed by atoms with E-state index in [4.69, 9.17) is 9.47 Å². The SMILES string of the molecule is COc1nccc(CN2CCCC2Cn2nc3c(cc2=O)COCC3)n1. The van der Waals surface area contributed by atoms with Crippen molar-refractivity contribution >= 4 is 0 Å². The van der Waals surface area contributed by atoms with E-state index in [0.717, 1.165) is 49.3 Å². The standard InChI is InChI=1S/C18H23N5O3/c1-25-18-19-6-4-14(20-18)10-22-7-2-3-15(22)11-23-17(24)9-13-12-26-8-5-16(13)21-23/h4,6,9,15H,2-3,5,7-8,10-12H2,1H3. The third-order valence-electron chi connectivity index (χ3n) is 5.03. The highest BCUT2D eigenvalue weighted by Crippen LogP contribution is 2.21. The number of methoxy groups -OCH3 is 1. The van der Waals surface area contributed by atoms with Gasteiger partial charge in [0.2, 0.25) is 0 Å². The van der Waals surface area contributed by atoms with Gasteiger partial charge in [-0.25, -0.2) is 9.67 Å². The minimum atomic E-state index is -0.0511. The number of nitrogens with zero attached hydrogens (tertiary/aromatic N) is 5. The summed E-state index contributed by atoms with van der Waals surface area (Å²) in [5.41, 5.74) is 2.78. The Morgan fingerprint density at radius 1 is 1.42 bits per heavy atom. The fraction of sp³-hybridized carbons (Fsp3) is 0.556. The molecule has 138 valence electrons. The quantitative estimate of drug-likeness (QED) is 0.782. The van der Waals surface area contributed by atoms with Gasteiger partial charge in [-0.05, 0) is 25.5 Å². The average Bonchev–Trinajstić information content (AvgIpc) is 3.09. The van der Waals surface area contributed by atoms with Gasteiger partial charge in [0.25, 0.3) is 5.56 Å². The lowest BCUT2D eigenvalue weighted by Crippen LogP contribution is -2.37. The molecule has 8 heteroatoms. The molecule has 1 fully saturated rings. The summed E-state index contributed by atoms with van der Waals surface area (Å²) >= 11 is 0. The molecule has 1 unspecified atom stereocenters. The van der Waals surface area contributed by atoms with Crippen molar-refractivity contribution in [1.29, 1.82) is 0 Å². The third kappa shape index (κ3) is 3.61. The molecule has 0 bridgehead atoms. The summed E-state index contributed by atoms with van der Waals surface area (Å²) in [6.45, 7) is 3.48. The first-order chi connectivity index (χ1) is 12.7. The van der Waals surface area contributed by atoms with Crippen LogP contribution in [0.2, 0.25) is 0 Å². The minimum absolute atomic E-state index is 0.0511. The number of likely N-dealkylation sites (tertiary alicyclic amines) is 1. The van der Waals surface area contributed by atoms with Crippen LogP contribution < -0.4 is 10.3 Å². The van der Waals surface area contributed by atoms with Gasteiger partial charge in [0.05, 0.1) is 38.3 Å². The second kappa shape index (κ2) is 7.51. The van der Waals surface area contributed by atoms with Gasteiger partial charge in [0, 0.05) is 36.8 Å². The third-order valence-corrected chi connectivity index (χ3v) is 5.03. The molecule has 4 rings (SSSR count). The van der Waals surface area contributed by atoms with Crippen LogP contribution >= 0.6 is 0 Å². The summed E-state index contributed by atoms with van der Waals surface area (Å²) in [6.07, 6.45) is 4.64. The minimum Gasteiger partial charge on any atom is -0.467 e. The van der Waals surface area contributed by atoms with E-state index in [1.807, 2.05) is 6.07 Å². The van der Waals surface area contributed by atoms with Crippen molar-refractivity contribution in [2.24, 2.45) is 0 Å². The Bertz CT molecular complexity index is 838. The summed E-state index contributed by atoms with van der Waals surface area (Å²) < 4.78 is 12.1. The lowest BCUT2D eigenvalue weighted by molar-refractivity contribution is 0.107. The first-order valence-corrected chi connectivity index (χ1v) is 9.00. The van der Waals surface area contributed by atoms with Crippen LogP contribution in [0.5, 0.6) is 6.01 Å². The molecule has 0 amide bonds. The number of aromatic nitrogens is 4. The number of fused-ring (bicyclic) bond motifs is 1. The van der Waals surface area contributed by atoms with Crippen molar-refractivity contribution in [3.8, 4) is 6.01 Å². The highest BCUT2D eigenvalue weighted by molar-refractivity contribution is 5.18. The van der Waals surface area contributed by atoms with E-state index in [1.54, 1.807) is 24.1 Å². The van der Waals surface area contributed by atoms with Crippen LogP contribution in [0.4, 0.5) is 0 Å². The molecular formula is C18H23N5O3. The second-order valence-corrected chi connectivity index (χ2v) is 6.74. The normalized spacial score (nSPS) is 20.1. The Labute approximate surface area is 151 Å². The Hall–Kier alpha value is -2.32. The summed E-state index contributed by atoms with van der Waals surface area (Å²) in [7, 11) is 1.57. The van der Waals surface area contributed by atoms with Crippen LogP contribution in [0, 0.1) is 0 Å². The van der Waals surface area contributed by atoms with Crippen LogP contribution in [0.25, 0.3) is 0 Å². The molecule has 2 aromatic rings. The van der Waals surface area contributed by atoms with Gasteiger partial charge < -0.3 is 9.47 Å². The summed E-state index contributed by atoms with van der Waals surface area (Å²) in [6, 6.07) is 4.24. The van der Waals surface area contributed by atoms with Gasteiger partial charge in [-0.15, -0.1) is 0 Å². The van der Waals surface area contributed by atoms with Crippen molar-refractivity contribution < 1.29 is 9.47 Å². The van der Waals surface area contributed by atoms with Crippen molar-refractivity contribution in [2.75, 3.05) is 20.3 Å². The van der Waals surface area contributed by atoms with Crippen LogP contribution in [0.1, 0.15) is 29.8 Å². The molecular weight excluding hydrogens is 334 g/mol.